The Morgan fingerprint density at radius 2 is 1.68 bits per heavy atom. The summed E-state index contributed by atoms with van der Waals surface area (Å²) >= 11 is 0. The Kier molecular flexibility index (Phi) is 7.80. The lowest BCUT2D eigenvalue weighted by atomic mass is 9.39. The van der Waals surface area contributed by atoms with Crippen LogP contribution in [0.25, 0.3) is 0 Å². The molecule has 6 atom stereocenters. The van der Waals surface area contributed by atoms with Crippen molar-refractivity contribution in [3.05, 3.63) is 11.6 Å². The lowest BCUT2D eigenvalue weighted by Crippen LogP contribution is -2.63. The molecule has 0 aromatic heterocycles. The van der Waals surface area contributed by atoms with Gasteiger partial charge in [-0.3, -0.25) is 19.2 Å². The number of hydrogen-bond acceptors (Lipinski definition) is 6. The Morgan fingerprint density at radius 1 is 0.946 bits per heavy atom. The number of rotatable bonds is 9. The highest BCUT2D eigenvalue weighted by Gasteiger charge is 2.72. The van der Waals surface area contributed by atoms with Gasteiger partial charge in [0, 0.05) is 24.7 Å². The quantitative estimate of drug-likeness (QED) is 0.336. The zero-order valence-corrected chi connectivity index (χ0v) is 23.6. The lowest BCUT2D eigenvalue weighted by molar-refractivity contribution is -0.202. The number of hydrogen-bond donors (Lipinski definition) is 0. The van der Waals surface area contributed by atoms with Gasteiger partial charge in [0.05, 0.1) is 0 Å². The summed E-state index contributed by atoms with van der Waals surface area (Å²) in [6.45, 7) is 10.2. The Bertz CT molecular complexity index is 982. The van der Waals surface area contributed by atoms with E-state index in [-0.39, 0.29) is 47.3 Å². The van der Waals surface area contributed by atoms with Gasteiger partial charge in [0.1, 0.15) is 0 Å². The van der Waals surface area contributed by atoms with E-state index in [0.29, 0.717) is 25.2 Å². The number of allylic oxidation sites excluding steroid dienone is 1. The van der Waals surface area contributed by atoms with E-state index < -0.39 is 17.0 Å². The average molecular weight is 515 g/mol. The molecule has 0 radical (unpaired) electrons. The molecule has 0 aromatic rings. The molecule has 3 saturated carbocycles. The first kappa shape index (κ1) is 28.0. The number of carbonyl (C=O) groups excluding carboxylic acids is 4. The van der Waals surface area contributed by atoms with Crippen molar-refractivity contribution in [1.82, 2.24) is 0 Å². The number of carbonyl (C=O) groups is 4. The molecule has 0 aliphatic heterocycles. The first-order valence-electron chi connectivity index (χ1n) is 14.7. The van der Waals surface area contributed by atoms with Crippen LogP contribution in [0.5, 0.6) is 0 Å². The van der Waals surface area contributed by atoms with Crippen molar-refractivity contribution in [3.63, 3.8) is 0 Å². The van der Waals surface area contributed by atoms with Crippen molar-refractivity contribution in [1.29, 1.82) is 0 Å². The van der Waals surface area contributed by atoms with E-state index in [1.54, 1.807) is 6.92 Å². The summed E-state index contributed by atoms with van der Waals surface area (Å²) in [6, 6.07) is 0. The molecule has 0 bridgehead atoms. The fourth-order valence-electron chi connectivity index (χ4n) is 9.19. The van der Waals surface area contributed by atoms with Gasteiger partial charge in [0.2, 0.25) is 5.78 Å². The van der Waals surface area contributed by atoms with Crippen LogP contribution in [0.4, 0.5) is 0 Å². The van der Waals surface area contributed by atoms with Gasteiger partial charge in [0.25, 0.3) is 0 Å². The second-order valence-electron chi connectivity index (χ2n) is 12.6. The van der Waals surface area contributed by atoms with Gasteiger partial charge in [-0.2, -0.15) is 0 Å². The second-order valence-corrected chi connectivity index (χ2v) is 12.6. The van der Waals surface area contributed by atoms with Gasteiger partial charge in [0.15, 0.2) is 18.0 Å². The van der Waals surface area contributed by atoms with Crippen LogP contribution in [-0.4, -0.2) is 35.7 Å². The van der Waals surface area contributed by atoms with E-state index in [1.807, 2.05) is 13.0 Å². The van der Waals surface area contributed by atoms with Crippen molar-refractivity contribution >= 4 is 23.5 Å². The standard InChI is InChI=1S/C31H46O6/c1-6-9-10-27(35)37-31(25(33)20-36-26(34)7-2)18-14-24-29(31,5)16-13-23-28(4)15-12-22(32)19-21(28)11-17-30(23,24)8-3/h19,23-24H,6-18,20H2,1-5H3/t23-,24-,28+,29+,30-,31+/m1/s1. The largest absolute Gasteiger partial charge is 0.457 e. The fourth-order valence-corrected chi connectivity index (χ4v) is 9.19. The van der Waals surface area contributed by atoms with Crippen LogP contribution < -0.4 is 0 Å². The van der Waals surface area contributed by atoms with Crippen molar-refractivity contribution in [2.45, 2.75) is 124 Å². The summed E-state index contributed by atoms with van der Waals surface area (Å²) in [4.78, 5) is 51.2. The topological polar surface area (TPSA) is 86.7 Å². The highest BCUT2D eigenvalue weighted by atomic mass is 16.6. The maximum Gasteiger partial charge on any atom is 0.306 e. The lowest BCUT2D eigenvalue weighted by Gasteiger charge is -2.65. The van der Waals surface area contributed by atoms with Crippen LogP contribution in [-0.2, 0) is 28.7 Å². The zero-order chi connectivity index (χ0) is 27.1. The van der Waals surface area contributed by atoms with E-state index in [2.05, 4.69) is 20.8 Å². The fraction of sp³-hybridized carbons (Fsp3) is 0.806. The molecule has 6 heteroatoms. The van der Waals surface area contributed by atoms with Crippen molar-refractivity contribution < 1.29 is 28.7 Å². The molecule has 0 N–H and O–H groups in total. The number of fused-ring (bicyclic) bond motifs is 5. The second kappa shape index (κ2) is 10.3. The van der Waals surface area contributed by atoms with Crippen molar-refractivity contribution in [2.75, 3.05) is 6.61 Å². The molecule has 4 aliphatic carbocycles. The minimum absolute atomic E-state index is 0.00716. The average Bonchev–Trinajstić information content (AvgIpc) is 3.19. The molecule has 4 aliphatic rings. The smallest absolute Gasteiger partial charge is 0.306 e. The normalized spacial score (nSPS) is 38.6. The molecular weight excluding hydrogens is 468 g/mol. The predicted octanol–water partition coefficient (Wildman–Crippen LogP) is 6.29. The summed E-state index contributed by atoms with van der Waals surface area (Å²) in [5.41, 5.74) is -0.424. The summed E-state index contributed by atoms with van der Waals surface area (Å²) in [6.07, 6.45) is 11.5. The molecule has 206 valence electrons. The molecular formula is C31H46O6. The van der Waals surface area contributed by atoms with Crippen LogP contribution in [0.3, 0.4) is 0 Å². The number of ketones is 2. The molecule has 0 saturated heterocycles. The first-order valence-corrected chi connectivity index (χ1v) is 14.7. The molecule has 0 heterocycles. The molecule has 0 aromatic carbocycles. The molecule has 6 nitrogen and oxygen atoms in total. The monoisotopic (exact) mass is 514 g/mol. The molecule has 37 heavy (non-hydrogen) atoms. The van der Waals surface area contributed by atoms with Crippen LogP contribution in [0.15, 0.2) is 11.6 Å². The Balaban J connectivity index is 1.72. The van der Waals surface area contributed by atoms with E-state index in [0.717, 1.165) is 57.8 Å². The Labute approximate surface area is 222 Å². The van der Waals surface area contributed by atoms with E-state index in [4.69, 9.17) is 9.47 Å². The molecule has 0 unspecified atom stereocenters. The highest BCUT2D eigenvalue weighted by Crippen LogP contribution is 2.74. The Morgan fingerprint density at radius 3 is 2.35 bits per heavy atom. The molecule has 0 amide bonds. The zero-order valence-electron chi connectivity index (χ0n) is 23.6. The maximum atomic E-state index is 13.9. The van der Waals surface area contributed by atoms with Crippen molar-refractivity contribution in [3.8, 4) is 0 Å². The van der Waals surface area contributed by atoms with E-state index in [9.17, 15) is 19.2 Å². The van der Waals surface area contributed by atoms with Crippen LogP contribution in [0, 0.1) is 28.1 Å². The first-order chi connectivity index (χ1) is 17.5. The third-order valence-electron chi connectivity index (χ3n) is 11.2. The molecule has 3 fully saturated rings. The van der Waals surface area contributed by atoms with Gasteiger partial charge in [-0.25, -0.2) is 0 Å². The molecule has 4 rings (SSSR count). The Hall–Kier alpha value is -1.98. The minimum Gasteiger partial charge on any atom is -0.457 e. The maximum absolute atomic E-state index is 13.9. The van der Waals surface area contributed by atoms with Gasteiger partial charge in [-0.05, 0) is 86.5 Å². The third-order valence-corrected chi connectivity index (χ3v) is 11.2. The number of Topliss-reactive ketones (excluding diaryl/α,β-unsaturated/α-hetero) is 1. The van der Waals surface area contributed by atoms with Gasteiger partial charge < -0.3 is 9.47 Å². The molecule has 0 spiro atoms. The third kappa shape index (κ3) is 4.30. The van der Waals surface area contributed by atoms with Gasteiger partial charge in [-0.1, -0.05) is 46.6 Å². The highest BCUT2D eigenvalue weighted by molar-refractivity contribution is 5.93. The van der Waals surface area contributed by atoms with E-state index >= 15 is 0 Å². The summed E-state index contributed by atoms with van der Waals surface area (Å²) < 4.78 is 11.6. The number of ether oxygens (including phenoxy) is 2. The van der Waals surface area contributed by atoms with Gasteiger partial charge >= 0.3 is 11.9 Å². The summed E-state index contributed by atoms with van der Waals surface area (Å²) in [5.74, 6) is -0.0814. The summed E-state index contributed by atoms with van der Waals surface area (Å²) in [7, 11) is 0. The van der Waals surface area contributed by atoms with Crippen molar-refractivity contribution in [2.24, 2.45) is 28.1 Å². The summed E-state index contributed by atoms with van der Waals surface area (Å²) in [5, 5.41) is 0. The number of unbranched alkanes of at least 4 members (excludes halogenated alkanes) is 1. The van der Waals surface area contributed by atoms with Crippen LogP contribution >= 0.6 is 0 Å². The van der Waals surface area contributed by atoms with Gasteiger partial charge in [-0.15, -0.1) is 0 Å². The predicted molar refractivity (Wildman–Crippen MR) is 141 cm³/mol. The SMILES string of the molecule is CCCCC(=O)O[C@]1(C(=O)COC(=O)CC)CC[C@H]2[C@]3(CC)CCC4=CC(=O)CC[C@]4(C)[C@H]3CC[C@@]21C. The van der Waals surface area contributed by atoms with E-state index in [1.165, 1.54) is 5.57 Å². The van der Waals surface area contributed by atoms with Crippen LogP contribution in [0.2, 0.25) is 0 Å². The number of esters is 2. The minimum atomic E-state index is -1.26. The van der Waals surface area contributed by atoms with Crippen LogP contribution in [0.1, 0.15) is 118 Å².